The normalized spacial score (nSPS) is 52.5. The van der Waals surface area contributed by atoms with Gasteiger partial charge in [0.15, 0.2) is 0 Å². The summed E-state index contributed by atoms with van der Waals surface area (Å²) in [4.78, 5) is 10.8. The molecule has 1 heterocycles. The van der Waals surface area contributed by atoms with Crippen LogP contribution in [0.15, 0.2) is 0 Å². The maximum atomic E-state index is 10.8. The minimum atomic E-state index is -0.659. The predicted molar refractivity (Wildman–Crippen MR) is 47.3 cm³/mol. The molecule has 3 nitrogen and oxygen atoms in total. The molecule has 1 aliphatic heterocycles. The summed E-state index contributed by atoms with van der Waals surface area (Å²) in [6.45, 7) is 0. The average Bonchev–Trinajstić information content (AvgIpc) is 2.76. The quantitative estimate of drug-likeness (QED) is 0.630. The number of carboxylic acid groups (broad SMARTS) is 1. The van der Waals surface area contributed by atoms with E-state index in [1.165, 1.54) is 19.3 Å². The van der Waals surface area contributed by atoms with Crippen LogP contribution < -0.4 is 5.32 Å². The topological polar surface area (TPSA) is 49.3 Å². The molecule has 3 unspecified atom stereocenters. The van der Waals surface area contributed by atoms with Crippen molar-refractivity contribution in [3.8, 4) is 0 Å². The second-order valence-corrected chi connectivity index (χ2v) is 4.82. The Bertz CT molecular complexity index is 235. The number of hydrogen-bond donors (Lipinski definition) is 2. The molecule has 0 aromatic heterocycles. The van der Waals surface area contributed by atoms with E-state index in [1.54, 1.807) is 0 Å². The van der Waals surface area contributed by atoms with Crippen molar-refractivity contribution >= 4 is 5.97 Å². The van der Waals surface area contributed by atoms with Crippen LogP contribution in [-0.4, -0.2) is 23.2 Å². The number of aliphatic carboxylic acids is 1. The van der Waals surface area contributed by atoms with Crippen LogP contribution in [0.4, 0.5) is 0 Å². The van der Waals surface area contributed by atoms with Crippen LogP contribution >= 0.6 is 0 Å². The largest absolute Gasteiger partial charge is 0.480 e. The Kier molecular flexibility index (Phi) is 1.48. The van der Waals surface area contributed by atoms with Gasteiger partial charge in [0.1, 0.15) is 6.04 Å². The molecule has 13 heavy (non-hydrogen) atoms. The molecule has 0 aromatic carbocycles. The fourth-order valence-corrected chi connectivity index (χ4v) is 3.75. The summed E-state index contributed by atoms with van der Waals surface area (Å²) < 4.78 is 0. The first kappa shape index (κ1) is 7.80. The summed E-state index contributed by atoms with van der Waals surface area (Å²) in [6.07, 6.45) is 4.90. The van der Waals surface area contributed by atoms with Crippen molar-refractivity contribution in [3.05, 3.63) is 0 Å². The maximum Gasteiger partial charge on any atom is 0.320 e. The summed E-state index contributed by atoms with van der Waals surface area (Å²) in [7, 11) is 0. The Morgan fingerprint density at radius 3 is 2.69 bits per heavy atom. The monoisotopic (exact) mass is 181 g/mol. The molecule has 3 fully saturated rings. The Hall–Kier alpha value is -0.570. The highest BCUT2D eigenvalue weighted by Crippen LogP contribution is 2.52. The molecule has 2 aliphatic carbocycles. The van der Waals surface area contributed by atoms with E-state index in [9.17, 15) is 4.79 Å². The van der Waals surface area contributed by atoms with Crippen LogP contribution in [0.25, 0.3) is 0 Å². The first-order chi connectivity index (χ1) is 6.25. The molecule has 0 radical (unpaired) electrons. The standard InChI is InChI=1S/C10H15NO2/c12-10(13)8-4-7-5-1-2-6(3-5)9(7)11-8/h5-9,11H,1-4H2,(H,12,13)/t5?,6-,7?,8?,9-/m0/s1. The van der Waals surface area contributed by atoms with Crippen LogP contribution in [0.5, 0.6) is 0 Å². The fraction of sp³-hybridized carbons (Fsp3) is 0.900. The van der Waals surface area contributed by atoms with Gasteiger partial charge in [0.2, 0.25) is 0 Å². The average molecular weight is 181 g/mol. The molecule has 2 saturated carbocycles. The third kappa shape index (κ3) is 0.966. The van der Waals surface area contributed by atoms with Gasteiger partial charge in [-0.15, -0.1) is 0 Å². The highest BCUT2D eigenvalue weighted by atomic mass is 16.4. The third-order valence-electron chi connectivity index (χ3n) is 4.29. The van der Waals surface area contributed by atoms with E-state index < -0.39 is 5.97 Å². The van der Waals surface area contributed by atoms with Crippen molar-refractivity contribution in [1.82, 2.24) is 5.32 Å². The molecule has 5 atom stereocenters. The lowest BCUT2D eigenvalue weighted by molar-refractivity contribution is -0.139. The molecule has 0 spiro atoms. The lowest BCUT2D eigenvalue weighted by Crippen LogP contribution is -2.39. The van der Waals surface area contributed by atoms with Crippen molar-refractivity contribution in [2.45, 2.75) is 37.8 Å². The van der Waals surface area contributed by atoms with Crippen LogP contribution in [-0.2, 0) is 4.79 Å². The Morgan fingerprint density at radius 1 is 1.23 bits per heavy atom. The van der Waals surface area contributed by atoms with E-state index in [4.69, 9.17) is 5.11 Å². The molecule has 72 valence electrons. The number of carbonyl (C=O) groups is 1. The minimum absolute atomic E-state index is 0.251. The Balaban J connectivity index is 1.79. The number of nitrogens with one attached hydrogen (secondary N) is 1. The van der Waals surface area contributed by atoms with Crippen molar-refractivity contribution in [3.63, 3.8) is 0 Å². The SMILES string of the molecule is O=C(O)C1CC2C3CC[C@@H](C3)[C@@H]2N1. The van der Waals surface area contributed by atoms with Crippen molar-refractivity contribution in [1.29, 1.82) is 0 Å². The van der Waals surface area contributed by atoms with Crippen LogP contribution in [0, 0.1) is 17.8 Å². The zero-order chi connectivity index (χ0) is 9.00. The molecule has 2 bridgehead atoms. The molecule has 3 rings (SSSR count). The molecule has 3 heteroatoms. The Morgan fingerprint density at radius 2 is 2.00 bits per heavy atom. The van der Waals surface area contributed by atoms with Crippen LogP contribution in [0.1, 0.15) is 25.7 Å². The first-order valence-electron chi connectivity index (χ1n) is 5.24. The summed E-state index contributed by atoms with van der Waals surface area (Å²) in [6, 6.07) is 0.290. The van der Waals surface area contributed by atoms with Gasteiger partial charge in [-0.25, -0.2) is 0 Å². The predicted octanol–water partition coefficient (Wildman–Crippen LogP) is 0.848. The number of hydrogen-bond acceptors (Lipinski definition) is 2. The van der Waals surface area contributed by atoms with Crippen molar-refractivity contribution in [2.24, 2.45) is 17.8 Å². The van der Waals surface area contributed by atoms with Crippen LogP contribution in [0.2, 0.25) is 0 Å². The second-order valence-electron chi connectivity index (χ2n) is 4.82. The van der Waals surface area contributed by atoms with E-state index in [0.717, 1.165) is 18.3 Å². The number of fused-ring (bicyclic) bond motifs is 5. The molecule has 0 aromatic rings. The van der Waals surface area contributed by atoms with E-state index in [2.05, 4.69) is 5.32 Å². The van der Waals surface area contributed by atoms with Gasteiger partial charge in [-0.1, -0.05) is 0 Å². The molecule has 0 amide bonds. The second kappa shape index (κ2) is 2.47. The third-order valence-corrected chi connectivity index (χ3v) is 4.29. The van der Waals surface area contributed by atoms with Gasteiger partial charge < -0.3 is 10.4 Å². The lowest BCUT2D eigenvalue weighted by atomic mass is 9.85. The van der Waals surface area contributed by atoms with E-state index in [-0.39, 0.29) is 6.04 Å². The molecule has 1 saturated heterocycles. The highest BCUT2D eigenvalue weighted by molar-refractivity contribution is 5.74. The number of carboxylic acids is 1. The van der Waals surface area contributed by atoms with Gasteiger partial charge in [-0.3, -0.25) is 4.79 Å². The smallest absolute Gasteiger partial charge is 0.320 e. The van der Waals surface area contributed by atoms with E-state index >= 15 is 0 Å². The number of rotatable bonds is 1. The van der Waals surface area contributed by atoms with Gasteiger partial charge in [-0.05, 0) is 43.4 Å². The summed E-state index contributed by atoms with van der Waals surface area (Å²) in [5.41, 5.74) is 0. The fourth-order valence-electron chi connectivity index (χ4n) is 3.75. The summed E-state index contributed by atoms with van der Waals surface area (Å²) in [5, 5.41) is 12.2. The van der Waals surface area contributed by atoms with Gasteiger partial charge >= 0.3 is 5.97 Å². The van der Waals surface area contributed by atoms with Crippen molar-refractivity contribution in [2.75, 3.05) is 0 Å². The summed E-state index contributed by atoms with van der Waals surface area (Å²) in [5.74, 6) is 1.65. The van der Waals surface area contributed by atoms with Crippen LogP contribution in [0.3, 0.4) is 0 Å². The van der Waals surface area contributed by atoms with E-state index in [1.807, 2.05) is 0 Å². The maximum absolute atomic E-state index is 10.8. The zero-order valence-electron chi connectivity index (χ0n) is 7.57. The van der Waals surface area contributed by atoms with E-state index in [0.29, 0.717) is 12.0 Å². The minimum Gasteiger partial charge on any atom is -0.480 e. The molecular formula is C10H15NO2. The van der Waals surface area contributed by atoms with Gasteiger partial charge in [0, 0.05) is 6.04 Å². The zero-order valence-corrected chi connectivity index (χ0v) is 7.57. The van der Waals surface area contributed by atoms with Crippen molar-refractivity contribution < 1.29 is 9.90 Å². The van der Waals surface area contributed by atoms with Gasteiger partial charge in [-0.2, -0.15) is 0 Å². The van der Waals surface area contributed by atoms with Gasteiger partial charge in [0.05, 0.1) is 0 Å². The molecule has 3 aliphatic rings. The molecular weight excluding hydrogens is 166 g/mol. The molecule has 2 N–H and O–H groups in total. The van der Waals surface area contributed by atoms with Gasteiger partial charge in [0.25, 0.3) is 0 Å². The lowest BCUT2D eigenvalue weighted by Gasteiger charge is -2.23. The summed E-state index contributed by atoms with van der Waals surface area (Å²) >= 11 is 0. The highest BCUT2D eigenvalue weighted by Gasteiger charge is 2.53. The Labute approximate surface area is 77.5 Å². The first-order valence-corrected chi connectivity index (χ1v) is 5.24.